The maximum atomic E-state index is 14.5. The number of rotatable bonds is 7. The van der Waals surface area contributed by atoms with Crippen LogP contribution in [0.4, 0.5) is 15.8 Å². The minimum atomic E-state index is -4.00. The van der Waals surface area contributed by atoms with Gasteiger partial charge in [0.1, 0.15) is 23.1 Å². The molecule has 0 spiro atoms. The number of aromatic carboxylic acids is 1. The summed E-state index contributed by atoms with van der Waals surface area (Å²) in [5.41, 5.74) is 2.57. The normalized spacial score (nSPS) is 18.9. The number of carbonyl (C=O) groups is 1. The van der Waals surface area contributed by atoms with Crippen LogP contribution in [0, 0.1) is 18.7 Å². The van der Waals surface area contributed by atoms with Crippen molar-refractivity contribution in [3.05, 3.63) is 93.9 Å². The average molecular weight is 635 g/mol. The number of benzene rings is 3. The van der Waals surface area contributed by atoms with E-state index >= 15 is 0 Å². The summed E-state index contributed by atoms with van der Waals surface area (Å²) in [5.74, 6) is -1.68. The summed E-state index contributed by atoms with van der Waals surface area (Å²) in [6.07, 6.45) is 5.25. The highest BCUT2D eigenvalue weighted by Gasteiger charge is 2.41. The number of hydrogen-bond acceptors (Lipinski definition) is 6. The van der Waals surface area contributed by atoms with Crippen LogP contribution in [-0.4, -0.2) is 43.4 Å². The molecule has 0 radical (unpaired) electrons. The fourth-order valence-corrected chi connectivity index (χ4v) is 8.76. The Kier molecular flexibility index (Phi) is 8.50. The number of nitrogens with zero attached hydrogens (tertiary/aromatic N) is 2. The Bertz CT molecular complexity index is 1780. The summed E-state index contributed by atoms with van der Waals surface area (Å²) in [5, 5.41) is 11.6. The van der Waals surface area contributed by atoms with Gasteiger partial charge < -0.3 is 14.7 Å². The molecule has 1 N–H and O–H groups in total. The molecule has 0 unspecified atom stereocenters. The van der Waals surface area contributed by atoms with E-state index in [1.165, 1.54) is 16.4 Å². The Morgan fingerprint density at radius 3 is 2.48 bits per heavy atom. The van der Waals surface area contributed by atoms with Crippen LogP contribution >= 0.6 is 11.3 Å². The number of carboxylic acid groups (broad SMARTS) is 1. The maximum Gasteiger partial charge on any atom is 0.338 e. The summed E-state index contributed by atoms with van der Waals surface area (Å²) >= 11 is 1.60. The van der Waals surface area contributed by atoms with Crippen molar-refractivity contribution >= 4 is 38.7 Å². The Hall–Kier alpha value is -3.73. The van der Waals surface area contributed by atoms with E-state index in [2.05, 4.69) is 4.90 Å². The number of halogens is 1. The first-order valence-corrected chi connectivity index (χ1v) is 17.1. The van der Waals surface area contributed by atoms with Crippen LogP contribution in [-0.2, 0) is 16.6 Å². The molecule has 1 saturated carbocycles. The summed E-state index contributed by atoms with van der Waals surface area (Å²) in [6, 6.07) is 18.6. The molecule has 44 heavy (non-hydrogen) atoms. The second-order valence-corrected chi connectivity index (χ2v) is 14.6. The first-order valence-electron chi connectivity index (χ1n) is 14.8. The van der Waals surface area contributed by atoms with E-state index in [0.717, 1.165) is 54.3 Å². The zero-order valence-electron chi connectivity index (χ0n) is 24.7. The van der Waals surface area contributed by atoms with Gasteiger partial charge in [-0.25, -0.2) is 17.6 Å². The zero-order valence-corrected chi connectivity index (χ0v) is 26.3. The predicted molar refractivity (Wildman–Crippen MR) is 171 cm³/mol. The van der Waals surface area contributed by atoms with Crippen LogP contribution in [0.5, 0.6) is 5.75 Å². The Morgan fingerprint density at radius 2 is 1.80 bits per heavy atom. The summed E-state index contributed by atoms with van der Waals surface area (Å²) < 4.78 is 51.3. The van der Waals surface area contributed by atoms with E-state index in [1.807, 2.05) is 48.7 Å². The molecule has 1 fully saturated rings. The van der Waals surface area contributed by atoms with Crippen molar-refractivity contribution in [3.8, 4) is 16.9 Å². The maximum absolute atomic E-state index is 14.5. The van der Waals surface area contributed by atoms with Crippen molar-refractivity contribution in [1.82, 2.24) is 4.31 Å². The molecule has 4 aromatic rings. The fourth-order valence-electron chi connectivity index (χ4n) is 6.44. The number of sulfonamides is 1. The van der Waals surface area contributed by atoms with Crippen LogP contribution < -0.4 is 9.64 Å². The third kappa shape index (κ3) is 5.74. The zero-order chi connectivity index (χ0) is 31.0. The van der Waals surface area contributed by atoms with Gasteiger partial charge in [-0.05, 0) is 73.0 Å². The molecule has 6 rings (SSSR count). The van der Waals surface area contributed by atoms with Gasteiger partial charge in [0.05, 0.1) is 11.3 Å². The van der Waals surface area contributed by atoms with Crippen molar-refractivity contribution in [2.24, 2.45) is 5.92 Å². The number of fused-ring (bicyclic) bond motifs is 1. The molecule has 1 aromatic heterocycles. The van der Waals surface area contributed by atoms with Gasteiger partial charge in [0.25, 0.3) is 0 Å². The number of hydrogen-bond donors (Lipinski definition) is 1. The highest BCUT2D eigenvalue weighted by molar-refractivity contribution is 7.89. The minimum absolute atomic E-state index is 0.0948. The van der Waals surface area contributed by atoms with E-state index in [1.54, 1.807) is 30.5 Å². The number of carboxylic acids is 1. The van der Waals surface area contributed by atoms with Gasteiger partial charge >= 0.3 is 5.97 Å². The molecule has 1 atom stereocenters. The number of likely N-dealkylation sites (N-methyl/N-ethyl adjacent to an activating group) is 1. The molecule has 1 aliphatic carbocycles. The largest absolute Gasteiger partial charge is 0.488 e. The molecule has 3 aromatic carbocycles. The topological polar surface area (TPSA) is 87.1 Å². The van der Waals surface area contributed by atoms with Crippen LogP contribution in [0.15, 0.2) is 77.0 Å². The third-order valence-corrected chi connectivity index (χ3v) is 11.8. The third-order valence-electron chi connectivity index (χ3n) is 8.96. The molecule has 0 amide bonds. The molecule has 7 nitrogen and oxygen atoms in total. The lowest BCUT2D eigenvalue weighted by molar-refractivity contribution is 0.0692. The molecule has 10 heteroatoms. The van der Waals surface area contributed by atoms with E-state index in [4.69, 9.17) is 4.74 Å². The molecule has 2 aliphatic rings. The quantitative estimate of drug-likeness (QED) is 0.223. The van der Waals surface area contributed by atoms with Crippen LogP contribution in [0.25, 0.3) is 11.1 Å². The molecular weight excluding hydrogens is 600 g/mol. The fraction of sp³-hybridized carbons (Fsp3) is 0.324. The number of ether oxygens (including phenoxy) is 1. The van der Waals surface area contributed by atoms with Gasteiger partial charge in [0.2, 0.25) is 10.0 Å². The van der Waals surface area contributed by atoms with Crippen LogP contribution in [0.2, 0.25) is 0 Å². The second kappa shape index (κ2) is 12.3. The standard InChI is InChI=1S/C34H35FN2O5S2/c1-22-25(15-16-43-22)21-42-32-19-30-33(18-27(32)24-13-14-29(35)28(17-24)34(38)39)44(40,41)36(2)31(23-9-5-3-6-10-23)20-37(30)26-11-7-4-8-12-26/h4,7-8,11-19,23,31H,3,5-6,9-10,20-21H2,1-2H3,(H,38,39)/t31-/m0/s1. The van der Waals surface area contributed by atoms with Crippen molar-refractivity contribution in [2.45, 2.75) is 56.6 Å². The van der Waals surface area contributed by atoms with Gasteiger partial charge in [0.15, 0.2) is 0 Å². The average Bonchev–Trinajstić information content (AvgIpc) is 3.42. The molecule has 0 bridgehead atoms. The van der Waals surface area contributed by atoms with Crippen LogP contribution in [0.3, 0.4) is 0 Å². The smallest absolute Gasteiger partial charge is 0.338 e. The second-order valence-electron chi connectivity index (χ2n) is 11.5. The lowest BCUT2D eigenvalue weighted by atomic mass is 9.83. The van der Waals surface area contributed by atoms with Crippen LogP contribution in [0.1, 0.15) is 52.9 Å². The lowest BCUT2D eigenvalue weighted by Crippen LogP contribution is -2.46. The minimum Gasteiger partial charge on any atom is -0.488 e. The van der Waals surface area contributed by atoms with E-state index in [-0.39, 0.29) is 23.5 Å². The van der Waals surface area contributed by atoms with Gasteiger partial charge in [-0.3, -0.25) is 0 Å². The van der Waals surface area contributed by atoms with Crippen molar-refractivity contribution in [1.29, 1.82) is 0 Å². The monoisotopic (exact) mass is 634 g/mol. The lowest BCUT2D eigenvalue weighted by Gasteiger charge is -2.36. The number of anilines is 2. The van der Waals surface area contributed by atoms with Crippen molar-refractivity contribution in [2.75, 3.05) is 18.5 Å². The number of thiophene rings is 1. The molecule has 0 saturated heterocycles. The highest BCUT2D eigenvalue weighted by atomic mass is 32.2. The van der Waals surface area contributed by atoms with E-state index in [9.17, 15) is 22.7 Å². The molecule has 230 valence electrons. The van der Waals surface area contributed by atoms with Crippen molar-refractivity contribution < 1.29 is 27.4 Å². The number of aryl methyl sites for hydroxylation is 1. The van der Waals surface area contributed by atoms with Gasteiger partial charge in [0, 0.05) is 47.4 Å². The first kappa shape index (κ1) is 30.3. The van der Waals surface area contributed by atoms with E-state index in [0.29, 0.717) is 29.1 Å². The molecule has 1 aliphatic heterocycles. The van der Waals surface area contributed by atoms with Gasteiger partial charge in [-0.2, -0.15) is 4.31 Å². The Labute approximate surface area is 261 Å². The molecular formula is C34H35FN2O5S2. The summed E-state index contributed by atoms with van der Waals surface area (Å²) in [4.78, 5) is 15.1. The Morgan fingerprint density at radius 1 is 1.05 bits per heavy atom. The Balaban J connectivity index is 1.57. The predicted octanol–water partition coefficient (Wildman–Crippen LogP) is 7.86. The van der Waals surface area contributed by atoms with Gasteiger partial charge in [-0.15, -0.1) is 11.3 Å². The summed E-state index contributed by atoms with van der Waals surface area (Å²) in [6.45, 7) is 2.71. The number of para-hydroxylation sites is 1. The summed E-state index contributed by atoms with van der Waals surface area (Å²) in [7, 11) is -2.33. The SMILES string of the molecule is Cc1sccc1COc1cc2c(cc1-c1ccc(F)c(C(=O)O)c1)S(=O)(=O)N(C)[C@H](C1CCCCC1)CN2c1ccccc1. The molecule has 2 heterocycles. The van der Waals surface area contributed by atoms with Crippen molar-refractivity contribution in [3.63, 3.8) is 0 Å². The van der Waals surface area contributed by atoms with Gasteiger partial charge in [-0.1, -0.05) is 43.5 Å². The highest BCUT2D eigenvalue weighted by Crippen LogP contribution is 2.46. The van der Waals surface area contributed by atoms with E-state index < -0.39 is 27.4 Å². The first-order chi connectivity index (χ1) is 21.1.